The fraction of sp³-hybridized carbons (Fsp3) is 0.444. The van der Waals surface area contributed by atoms with Crippen molar-refractivity contribution in [1.29, 1.82) is 0 Å². The fourth-order valence-corrected chi connectivity index (χ4v) is 3.58. The number of benzene rings is 1. The van der Waals surface area contributed by atoms with E-state index in [1.54, 1.807) is 0 Å². The maximum atomic E-state index is 3.48. The maximum absolute atomic E-state index is 3.48. The van der Waals surface area contributed by atoms with Gasteiger partial charge in [-0.15, -0.1) is 11.3 Å². The second-order valence-corrected chi connectivity index (χ2v) is 6.95. The van der Waals surface area contributed by atoms with Crippen molar-refractivity contribution in [1.82, 2.24) is 5.32 Å². The van der Waals surface area contributed by atoms with Crippen LogP contribution in [-0.4, -0.2) is 13.6 Å². The minimum atomic E-state index is 0.973. The van der Waals surface area contributed by atoms with Crippen LogP contribution in [0.2, 0.25) is 0 Å². The van der Waals surface area contributed by atoms with E-state index in [1.807, 2.05) is 11.3 Å². The Labute approximate surface area is 132 Å². The lowest BCUT2D eigenvalue weighted by molar-refractivity contribution is 0.681. The Balaban J connectivity index is 2.04. The van der Waals surface area contributed by atoms with Crippen LogP contribution in [0.5, 0.6) is 0 Å². The number of hydrogen-bond donors (Lipinski definition) is 1. The lowest BCUT2D eigenvalue weighted by Crippen LogP contribution is -2.17. The van der Waals surface area contributed by atoms with Crippen molar-refractivity contribution in [3.05, 3.63) is 51.2 Å². The molecule has 2 rings (SSSR count). The molecule has 3 heteroatoms. The van der Waals surface area contributed by atoms with Crippen LogP contribution in [0.15, 0.2) is 30.3 Å². The highest BCUT2D eigenvalue weighted by Crippen LogP contribution is 2.25. The van der Waals surface area contributed by atoms with E-state index in [1.165, 1.54) is 33.0 Å². The fourth-order valence-electron chi connectivity index (χ4n) is 2.55. The van der Waals surface area contributed by atoms with Crippen molar-refractivity contribution in [3.8, 4) is 0 Å². The van der Waals surface area contributed by atoms with Crippen molar-refractivity contribution in [2.75, 3.05) is 18.5 Å². The number of para-hydroxylation sites is 1. The van der Waals surface area contributed by atoms with Crippen molar-refractivity contribution < 1.29 is 0 Å². The molecule has 21 heavy (non-hydrogen) atoms. The molecule has 0 saturated carbocycles. The summed E-state index contributed by atoms with van der Waals surface area (Å²) >= 11 is 1.92. The number of anilines is 1. The van der Waals surface area contributed by atoms with Crippen LogP contribution in [0, 0.1) is 13.8 Å². The maximum Gasteiger partial charge on any atom is 0.0437 e. The third kappa shape index (κ3) is 4.32. The van der Waals surface area contributed by atoms with Gasteiger partial charge in [-0.3, -0.25) is 0 Å². The van der Waals surface area contributed by atoms with Gasteiger partial charge in [0, 0.05) is 35.6 Å². The summed E-state index contributed by atoms with van der Waals surface area (Å²) in [5.41, 5.74) is 4.09. The van der Waals surface area contributed by atoms with Gasteiger partial charge in [0.2, 0.25) is 0 Å². The highest BCUT2D eigenvalue weighted by molar-refractivity contribution is 7.12. The van der Waals surface area contributed by atoms with Gasteiger partial charge in [-0.05, 0) is 50.1 Å². The third-order valence-corrected chi connectivity index (χ3v) is 4.82. The first-order valence-electron chi connectivity index (χ1n) is 7.67. The zero-order chi connectivity index (χ0) is 15.2. The Bertz CT molecular complexity index is 574. The molecular formula is C18H26N2S. The molecule has 1 heterocycles. The van der Waals surface area contributed by atoms with Gasteiger partial charge in [-0.2, -0.15) is 0 Å². The molecule has 0 atom stereocenters. The zero-order valence-electron chi connectivity index (χ0n) is 13.6. The van der Waals surface area contributed by atoms with Crippen molar-refractivity contribution in [3.63, 3.8) is 0 Å². The van der Waals surface area contributed by atoms with E-state index in [0.717, 1.165) is 19.6 Å². The topological polar surface area (TPSA) is 15.3 Å². The van der Waals surface area contributed by atoms with Gasteiger partial charge in [0.05, 0.1) is 0 Å². The van der Waals surface area contributed by atoms with Crippen molar-refractivity contribution in [2.45, 2.75) is 40.3 Å². The second-order valence-electron chi connectivity index (χ2n) is 5.61. The van der Waals surface area contributed by atoms with Crippen molar-refractivity contribution >= 4 is 17.0 Å². The molecule has 2 aromatic rings. The number of hydrogen-bond acceptors (Lipinski definition) is 3. The molecule has 1 N–H and O–H groups in total. The second kappa shape index (κ2) is 7.62. The Hall–Kier alpha value is -1.32. The summed E-state index contributed by atoms with van der Waals surface area (Å²) in [6.45, 7) is 9.67. The Morgan fingerprint density at radius 3 is 2.67 bits per heavy atom. The lowest BCUT2D eigenvalue weighted by atomic mass is 10.1. The van der Waals surface area contributed by atoms with Gasteiger partial charge >= 0.3 is 0 Å². The first-order chi connectivity index (χ1) is 10.1. The first-order valence-corrected chi connectivity index (χ1v) is 8.49. The standard InChI is InChI=1S/C18H26N2S/c1-5-10-19-12-17-11-16(15(3)21-17)13-20(4)18-9-7-6-8-14(18)2/h6-9,11,19H,5,10,12-13H2,1-4H3. The molecule has 0 fully saturated rings. The molecule has 114 valence electrons. The molecule has 2 nitrogen and oxygen atoms in total. The summed E-state index contributed by atoms with van der Waals surface area (Å²) < 4.78 is 0. The zero-order valence-corrected chi connectivity index (χ0v) is 14.4. The van der Waals surface area contributed by atoms with Gasteiger partial charge in [0.25, 0.3) is 0 Å². The Morgan fingerprint density at radius 2 is 1.95 bits per heavy atom. The Morgan fingerprint density at radius 1 is 1.19 bits per heavy atom. The van der Waals surface area contributed by atoms with E-state index >= 15 is 0 Å². The highest BCUT2D eigenvalue weighted by atomic mass is 32.1. The summed E-state index contributed by atoms with van der Waals surface area (Å²) in [4.78, 5) is 5.21. The van der Waals surface area contributed by atoms with Crippen LogP contribution < -0.4 is 10.2 Å². The van der Waals surface area contributed by atoms with Gasteiger partial charge in [0.15, 0.2) is 0 Å². The number of aryl methyl sites for hydroxylation is 2. The van der Waals surface area contributed by atoms with Gasteiger partial charge in [0.1, 0.15) is 0 Å². The van der Waals surface area contributed by atoms with Gasteiger partial charge in [-0.1, -0.05) is 25.1 Å². The molecule has 0 bridgehead atoms. The molecule has 0 radical (unpaired) electrons. The molecule has 0 saturated heterocycles. The number of nitrogens with zero attached hydrogens (tertiary/aromatic N) is 1. The van der Waals surface area contributed by atoms with Gasteiger partial charge in [-0.25, -0.2) is 0 Å². The molecule has 1 aromatic heterocycles. The van der Waals surface area contributed by atoms with Crippen LogP contribution in [0.25, 0.3) is 0 Å². The normalized spacial score (nSPS) is 10.9. The SMILES string of the molecule is CCCNCc1cc(CN(C)c2ccccc2C)c(C)s1. The van der Waals surface area contributed by atoms with Gasteiger partial charge < -0.3 is 10.2 Å². The largest absolute Gasteiger partial charge is 0.370 e. The molecule has 0 aliphatic rings. The minimum absolute atomic E-state index is 0.973. The third-order valence-electron chi connectivity index (χ3n) is 3.73. The predicted molar refractivity (Wildman–Crippen MR) is 94.3 cm³/mol. The van der Waals surface area contributed by atoms with Crippen LogP contribution in [0.1, 0.15) is 34.2 Å². The monoisotopic (exact) mass is 302 g/mol. The van der Waals surface area contributed by atoms with E-state index in [9.17, 15) is 0 Å². The van der Waals surface area contributed by atoms with E-state index in [4.69, 9.17) is 0 Å². The summed E-state index contributed by atoms with van der Waals surface area (Å²) in [5, 5.41) is 3.48. The smallest absolute Gasteiger partial charge is 0.0437 e. The van der Waals surface area contributed by atoms with E-state index in [-0.39, 0.29) is 0 Å². The molecule has 0 spiro atoms. The van der Waals surface area contributed by atoms with Crippen molar-refractivity contribution in [2.24, 2.45) is 0 Å². The molecule has 0 unspecified atom stereocenters. The Kier molecular flexibility index (Phi) is 5.83. The number of rotatable bonds is 7. The van der Waals surface area contributed by atoms with Crippen LogP contribution in [-0.2, 0) is 13.1 Å². The number of thiophene rings is 1. The van der Waals surface area contributed by atoms with E-state index < -0.39 is 0 Å². The lowest BCUT2D eigenvalue weighted by Gasteiger charge is -2.21. The minimum Gasteiger partial charge on any atom is -0.370 e. The molecule has 0 aliphatic heterocycles. The summed E-state index contributed by atoms with van der Waals surface area (Å²) in [6.07, 6.45) is 1.19. The average Bonchev–Trinajstić information content (AvgIpc) is 2.80. The van der Waals surface area contributed by atoms with Crippen LogP contribution >= 0.6 is 11.3 Å². The van der Waals surface area contributed by atoms with Crippen LogP contribution in [0.4, 0.5) is 5.69 Å². The molecular weight excluding hydrogens is 276 g/mol. The molecule has 0 aliphatic carbocycles. The first kappa shape index (κ1) is 16.1. The average molecular weight is 302 g/mol. The predicted octanol–water partition coefficient (Wildman–Crippen LogP) is 4.50. The summed E-state index contributed by atoms with van der Waals surface area (Å²) in [7, 11) is 2.18. The summed E-state index contributed by atoms with van der Waals surface area (Å²) in [6, 6.07) is 10.9. The van der Waals surface area contributed by atoms with E-state index in [2.05, 4.69) is 68.4 Å². The van der Waals surface area contributed by atoms with Crippen LogP contribution in [0.3, 0.4) is 0 Å². The van der Waals surface area contributed by atoms with E-state index in [0.29, 0.717) is 0 Å². The quantitative estimate of drug-likeness (QED) is 0.758. The highest BCUT2D eigenvalue weighted by Gasteiger charge is 2.10. The molecule has 0 amide bonds. The molecule has 1 aromatic carbocycles. The number of nitrogens with one attached hydrogen (secondary N) is 1. The summed E-state index contributed by atoms with van der Waals surface area (Å²) in [5.74, 6) is 0.